The molecule has 43 heavy (non-hydrogen) atoms. The summed E-state index contributed by atoms with van der Waals surface area (Å²) in [6.07, 6.45) is 14.0. The van der Waals surface area contributed by atoms with Gasteiger partial charge in [-0.05, 0) is 63.4 Å². The van der Waals surface area contributed by atoms with E-state index in [1.807, 2.05) is 51.2 Å². The highest BCUT2D eigenvalue weighted by molar-refractivity contribution is 5.89. The number of rotatable bonds is 8. The van der Waals surface area contributed by atoms with Crippen molar-refractivity contribution in [3.8, 4) is 0 Å². The molecule has 0 amide bonds. The van der Waals surface area contributed by atoms with Gasteiger partial charge in [-0.3, -0.25) is 4.79 Å². The van der Waals surface area contributed by atoms with E-state index in [0.29, 0.717) is 24.8 Å². The number of cyclic esters (lactones) is 1. The zero-order valence-corrected chi connectivity index (χ0v) is 27.0. The summed E-state index contributed by atoms with van der Waals surface area (Å²) in [4.78, 5) is 27.0. The smallest absolute Gasteiger partial charge is 0.336 e. The molecule has 0 saturated heterocycles. The van der Waals surface area contributed by atoms with E-state index in [9.17, 15) is 14.7 Å². The fraction of sp³-hybridized carbons (Fsp3) is 0.706. The maximum absolute atomic E-state index is 14.2. The topological polar surface area (TPSA) is 110 Å². The summed E-state index contributed by atoms with van der Waals surface area (Å²) in [6, 6.07) is 0. The summed E-state index contributed by atoms with van der Waals surface area (Å²) >= 11 is 0. The quantitative estimate of drug-likeness (QED) is 0.174. The number of aliphatic hydroxyl groups is 1. The van der Waals surface area contributed by atoms with E-state index in [4.69, 9.17) is 28.4 Å². The number of aliphatic hydroxyl groups excluding tert-OH is 1. The Morgan fingerprint density at radius 2 is 1.77 bits per heavy atom. The first kappa shape index (κ1) is 35.2. The summed E-state index contributed by atoms with van der Waals surface area (Å²) in [5.74, 6) is -1.32. The monoisotopic (exact) mass is 604 g/mol. The van der Waals surface area contributed by atoms with E-state index < -0.39 is 23.6 Å². The molecule has 0 unspecified atom stereocenters. The Balaban J connectivity index is 2.08. The zero-order chi connectivity index (χ0) is 31.6. The van der Waals surface area contributed by atoms with E-state index in [0.717, 1.165) is 18.4 Å². The third kappa shape index (κ3) is 8.45. The van der Waals surface area contributed by atoms with Crippen LogP contribution in [-0.2, 0) is 38.0 Å². The molecule has 0 radical (unpaired) electrons. The van der Waals surface area contributed by atoms with Gasteiger partial charge in [0.1, 0.15) is 13.6 Å². The van der Waals surface area contributed by atoms with Gasteiger partial charge in [-0.25, -0.2) is 4.79 Å². The lowest BCUT2D eigenvalue weighted by atomic mass is 9.52. The number of ether oxygens (including phenoxy) is 6. The van der Waals surface area contributed by atoms with E-state index in [1.165, 1.54) is 7.11 Å². The molecule has 0 bridgehead atoms. The largest absolute Gasteiger partial charge is 0.466 e. The molecule has 1 heterocycles. The Labute approximate surface area is 257 Å². The van der Waals surface area contributed by atoms with E-state index in [1.54, 1.807) is 14.2 Å². The molecular weight excluding hydrogens is 552 g/mol. The average Bonchev–Trinajstić information content (AvgIpc) is 2.98. The van der Waals surface area contributed by atoms with Crippen LogP contribution < -0.4 is 0 Å². The predicted octanol–water partition coefficient (Wildman–Crippen LogP) is 5.15. The van der Waals surface area contributed by atoms with Gasteiger partial charge < -0.3 is 33.5 Å². The van der Waals surface area contributed by atoms with E-state index in [2.05, 4.69) is 13.0 Å². The van der Waals surface area contributed by atoms with Crippen molar-refractivity contribution in [1.82, 2.24) is 0 Å². The number of esters is 2. The SMILES string of the molecule is COCOCC1=C[C@H]2[C@H](O)[C@@H](C)CC[C@@H]2[C@@]2(C)C(=O)O[C@H](C)CCC/C=C(\C(=O)OC)[C@H](OCOC)[C@@H](C)/C=C/C=C/[C@@H]12. The van der Waals surface area contributed by atoms with Crippen LogP contribution in [0.5, 0.6) is 0 Å². The molecule has 0 aromatic carbocycles. The molecule has 3 rings (SSSR count). The first-order valence-electron chi connectivity index (χ1n) is 15.5. The summed E-state index contributed by atoms with van der Waals surface area (Å²) < 4.78 is 33.4. The number of carbonyl (C=O) groups excluding carboxylic acids is 2. The van der Waals surface area contributed by atoms with Crippen LogP contribution in [0, 0.1) is 35.0 Å². The lowest BCUT2D eigenvalue weighted by Gasteiger charge is -2.52. The van der Waals surface area contributed by atoms with Crippen LogP contribution in [0.15, 0.2) is 47.6 Å². The van der Waals surface area contributed by atoms with E-state index in [-0.39, 0.29) is 61.9 Å². The van der Waals surface area contributed by atoms with Crippen molar-refractivity contribution < 1.29 is 43.1 Å². The molecule has 9 nitrogen and oxygen atoms in total. The number of methoxy groups -OCH3 is 3. The Hall–Kier alpha value is -2.30. The minimum atomic E-state index is -0.907. The third-order valence-electron chi connectivity index (χ3n) is 9.39. The van der Waals surface area contributed by atoms with Crippen LogP contribution in [0.25, 0.3) is 0 Å². The van der Waals surface area contributed by atoms with Crippen LogP contribution in [0.3, 0.4) is 0 Å². The number of hydrogen-bond donors (Lipinski definition) is 1. The van der Waals surface area contributed by atoms with Crippen molar-refractivity contribution in [1.29, 1.82) is 0 Å². The highest BCUT2D eigenvalue weighted by Gasteiger charge is 2.57. The molecule has 0 spiro atoms. The first-order chi connectivity index (χ1) is 20.6. The minimum absolute atomic E-state index is 0.0308. The third-order valence-corrected chi connectivity index (χ3v) is 9.39. The fourth-order valence-electron chi connectivity index (χ4n) is 6.93. The van der Waals surface area contributed by atoms with Crippen molar-refractivity contribution in [2.45, 2.75) is 78.1 Å². The zero-order valence-electron chi connectivity index (χ0n) is 27.0. The molecule has 9 heteroatoms. The predicted molar refractivity (Wildman–Crippen MR) is 163 cm³/mol. The van der Waals surface area contributed by atoms with Crippen LogP contribution in [-0.4, -0.2) is 76.9 Å². The molecule has 1 aliphatic heterocycles. The lowest BCUT2D eigenvalue weighted by molar-refractivity contribution is -0.172. The molecule has 2 aliphatic carbocycles. The van der Waals surface area contributed by atoms with Gasteiger partial charge in [-0.15, -0.1) is 0 Å². The normalized spacial score (nSPS) is 38.4. The molecule has 9 atom stereocenters. The Morgan fingerprint density at radius 1 is 1.05 bits per heavy atom. The van der Waals surface area contributed by atoms with Crippen molar-refractivity contribution >= 4 is 11.9 Å². The second kappa shape index (κ2) is 16.7. The number of carbonyl (C=O) groups is 2. The summed E-state index contributed by atoms with van der Waals surface area (Å²) in [6.45, 7) is 8.37. The molecule has 1 saturated carbocycles. The highest BCUT2D eigenvalue weighted by atomic mass is 16.7. The van der Waals surface area contributed by atoms with Crippen molar-refractivity contribution in [3.63, 3.8) is 0 Å². The second-order valence-corrected chi connectivity index (χ2v) is 12.4. The molecule has 0 aromatic heterocycles. The summed E-state index contributed by atoms with van der Waals surface area (Å²) in [5, 5.41) is 11.3. The molecule has 242 valence electrons. The minimum Gasteiger partial charge on any atom is -0.466 e. The standard InChI is InChI=1S/C34H52O9/c1-22-16-17-29-27(30(22)35)18-25(19-41-20-38-5)28-15-11-8-12-23(2)31(42-21-39-6)26(32(36)40-7)14-10-9-13-24(3)43-33(37)34(28,29)4/h8,11-12,14-15,18,22-24,27-31,35H,9-10,13,16-17,19-21H2,1-7H3/b12-8+,15-11+,26-14-/t22-,23-,24+,27+,28-,29-,30+,31+,34-/m0/s1. The number of fused-ring (bicyclic) bond motifs is 3. The van der Waals surface area contributed by atoms with Gasteiger partial charge in [0.15, 0.2) is 0 Å². The first-order valence-corrected chi connectivity index (χ1v) is 15.5. The van der Waals surface area contributed by atoms with Crippen molar-refractivity contribution in [3.05, 3.63) is 47.6 Å². The molecular formula is C34H52O9. The van der Waals surface area contributed by atoms with Crippen LogP contribution in [0.4, 0.5) is 0 Å². The Morgan fingerprint density at radius 3 is 2.47 bits per heavy atom. The summed E-state index contributed by atoms with van der Waals surface area (Å²) in [7, 11) is 4.48. The fourth-order valence-corrected chi connectivity index (χ4v) is 6.93. The molecule has 3 aliphatic rings. The molecule has 0 aromatic rings. The summed E-state index contributed by atoms with van der Waals surface area (Å²) in [5.41, 5.74) is 0.457. The number of hydrogen-bond acceptors (Lipinski definition) is 9. The average molecular weight is 605 g/mol. The van der Waals surface area contributed by atoms with Gasteiger partial charge >= 0.3 is 11.9 Å². The van der Waals surface area contributed by atoms with Gasteiger partial charge in [0.2, 0.25) is 0 Å². The number of allylic oxidation sites excluding steroid dienone is 4. The van der Waals surface area contributed by atoms with Crippen LogP contribution in [0.1, 0.15) is 59.8 Å². The van der Waals surface area contributed by atoms with Gasteiger partial charge in [0.25, 0.3) is 0 Å². The van der Waals surface area contributed by atoms with Crippen LogP contribution >= 0.6 is 0 Å². The molecule has 1 fully saturated rings. The van der Waals surface area contributed by atoms with Crippen molar-refractivity contribution in [2.24, 2.45) is 35.0 Å². The Kier molecular flexibility index (Phi) is 13.6. The second-order valence-electron chi connectivity index (χ2n) is 12.4. The van der Waals surface area contributed by atoms with Gasteiger partial charge in [-0.2, -0.15) is 0 Å². The molecule has 1 N–H and O–H groups in total. The maximum Gasteiger partial charge on any atom is 0.336 e. The van der Waals surface area contributed by atoms with Crippen LogP contribution in [0.2, 0.25) is 0 Å². The van der Waals surface area contributed by atoms with Gasteiger partial charge in [0, 0.05) is 32.0 Å². The van der Waals surface area contributed by atoms with Gasteiger partial charge in [0.05, 0.1) is 43.0 Å². The van der Waals surface area contributed by atoms with E-state index >= 15 is 0 Å². The maximum atomic E-state index is 14.2. The van der Waals surface area contributed by atoms with Gasteiger partial charge in [-0.1, -0.05) is 50.3 Å². The highest BCUT2D eigenvalue weighted by Crippen LogP contribution is 2.55. The lowest BCUT2D eigenvalue weighted by Crippen LogP contribution is -2.54. The Bertz CT molecular complexity index is 1050. The van der Waals surface area contributed by atoms with Crippen molar-refractivity contribution in [2.75, 3.05) is 41.5 Å².